The lowest BCUT2D eigenvalue weighted by Gasteiger charge is -2.07. The molecule has 0 aliphatic heterocycles. The van der Waals surface area contributed by atoms with Crippen molar-refractivity contribution in [3.8, 4) is 0 Å². The number of hydrogen-bond donors (Lipinski definition) is 2. The third kappa shape index (κ3) is 2.63. The van der Waals surface area contributed by atoms with Crippen LogP contribution in [0, 0.1) is 13.8 Å². The minimum atomic E-state index is -3.65. The summed E-state index contributed by atoms with van der Waals surface area (Å²) in [6.07, 6.45) is 0. The lowest BCUT2D eigenvalue weighted by molar-refractivity contribution is 0.602. The summed E-state index contributed by atoms with van der Waals surface area (Å²) >= 11 is 4.47. The van der Waals surface area contributed by atoms with E-state index in [0.29, 0.717) is 11.4 Å². The fourth-order valence-corrected chi connectivity index (χ4v) is 4.87. The van der Waals surface area contributed by atoms with Gasteiger partial charge in [0.1, 0.15) is 4.21 Å². The lowest BCUT2D eigenvalue weighted by Crippen LogP contribution is -2.15. The molecule has 0 fully saturated rings. The highest BCUT2D eigenvalue weighted by Crippen LogP contribution is 2.32. The molecule has 0 amide bonds. The maximum atomic E-state index is 12.3. The van der Waals surface area contributed by atoms with E-state index in [0.717, 1.165) is 20.7 Å². The zero-order valence-electron chi connectivity index (χ0n) is 10.6. The van der Waals surface area contributed by atoms with Crippen molar-refractivity contribution in [3.63, 3.8) is 0 Å². The summed E-state index contributed by atoms with van der Waals surface area (Å²) in [5, 5.41) is 4.07. The molecule has 0 saturated carbocycles. The normalized spacial score (nSPS) is 11.8. The Morgan fingerprint density at radius 1 is 1.47 bits per heavy atom. The number of aryl methyl sites for hydroxylation is 3. The Morgan fingerprint density at radius 2 is 2.11 bits per heavy atom. The molecule has 0 unspecified atom stereocenters. The van der Waals surface area contributed by atoms with Crippen molar-refractivity contribution in [3.05, 3.63) is 21.1 Å². The van der Waals surface area contributed by atoms with Gasteiger partial charge in [-0.2, -0.15) is 5.10 Å². The first kappa shape index (κ1) is 14.4. The third-order valence-electron chi connectivity index (χ3n) is 2.60. The number of rotatable bonds is 3. The van der Waals surface area contributed by atoms with Gasteiger partial charge in [0.05, 0.1) is 15.2 Å². The van der Waals surface area contributed by atoms with Gasteiger partial charge in [0, 0.05) is 7.05 Å². The second-order valence-corrected chi connectivity index (χ2v) is 8.38. The summed E-state index contributed by atoms with van der Waals surface area (Å²) in [4.78, 5) is 0. The molecule has 0 atom stereocenters. The van der Waals surface area contributed by atoms with Crippen LogP contribution in [0.3, 0.4) is 0 Å². The number of nitrogen functional groups attached to an aromatic ring is 1. The molecule has 0 aliphatic rings. The molecule has 104 valence electrons. The van der Waals surface area contributed by atoms with Crippen molar-refractivity contribution < 1.29 is 8.42 Å². The maximum Gasteiger partial charge on any atom is 0.272 e. The van der Waals surface area contributed by atoms with Gasteiger partial charge < -0.3 is 5.73 Å². The van der Waals surface area contributed by atoms with E-state index in [2.05, 4.69) is 25.8 Å². The van der Waals surface area contributed by atoms with E-state index < -0.39 is 10.0 Å². The topological polar surface area (TPSA) is 90.0 Å². The van der Waals surface area contributed by atoms with Crippen LogP contribution in [-0.4, -0.2) is 18.2 Å². The summed E-state index contributed by atoms with van der Waals surface area (Å²) in [6.45, 7) is 3.56. The molecule has 3 N–H and O–H groups in total. The van der Waals surface area contributed by atoms with Gasteiger partial charge in [-0.3, -0.25) is 4.72 Å². The molecule has 0 bridgehead atoms. The zero-order valence-corrected chi connectivity index (χ0v) is 13.8. The highest BCUT2D eigenvalue weighted by Gasteiger charge is 2.22. The summed E-state index contributed by atoms with van der Waals surface area (Å²) in [5.74, 6) is 0.277. The molecule has 0 aliphatic carbocycles. The van der Waals surface area contributed by atoms with Gasteiger partial charge in [-0.25, -0.2) is 13.1 Å². The molecule has 9 heteroatoms. The molecule has 0 aromatic carbocycles. The minimum Gasteiger partial charge on any atom is -0.394 e. The highest BCUT2D eigenvalue weighted by molar-refractivity contribution is 9.11. The predicted octanol–water partition coefficient (Wildman–Crippen LogP) is 2.24. The van der Waals surface area contributed by atoms with Gasteiger partial charge in [-0.05, 0) is 41.4 Å². The Kier molecular flexibility index (Phi) is 3.63. The molecule has 2 aromatic rings. The lowest BCUT2D eigenvalue weighted by atomic mass is 10.4. The highest BCUT2D eigenvalue weighted by atomic mass is 79.9. The Balaban J connectivity index is 2.42. The van der Waals surface area contributed by atoms with Crippen molar-refractivity contribution in [1.29, 1.82) is 0 Å². The van der Waals surface area contributed by atoms with Crippen LogP contribution in [0.25, 0.3) is 0 Å². The van der Waals surface area contributed by atoms with Crippen LogP contribution in [0.5, 0.6) is 0 Å². The first-order chi connectivity index (χ1) is 8.72. The molecule has 2 aromatic heterocycles. The number of hydrogen-bond acceptors (Lipinski definition) is 5. The smallest absolute Gasteiger partial charge is 0.272 e. The average Bonchev–Trinajstić information content (AvgIpc) is 2.76. The second kappa shape index (κ2) is 4.80. The van der Waals surface area contributed by atoms with Gasteiger partial charge in [-0.15, -0.1) is 11.3 Å². The van der Waals surface area contributed by atoms with E-state index in [-0.39, 0.29) is 10.0 Å². The number of halogens is 1. The van der Waals surface area contributed by atoms with Gasteiger partial charge in [-0.1, -0.05) is 0 Å². The fourth-order valence-electron chi connectivity index (χ4n) is 1.54. The van der Waals surface area contributed by atoms with Crippen molar-refractivity contribution >= 4 is 48.8 Å². The summed E-state index contributed by atoms with van der Waals surface area (Å²) in [7, 11) is -2.01. The van der Waals surface area contributed by atoms with E-state index in [1.807, 2.05) is 6.92 Å². The second-order valence-electron chi connectivity index (χ2n) is 4.10. The van der Waals surface area contributed by atoms with Gasteiger partial charge in [0.15, 0.2) is 5.82 Å². The van der Waals surface area contributed by atoms with E-state index in [4.69, 9.17) is 5.73 Å². The first-order valence-electron chi connectivity index (χ1n) is 5.30. The zero-order chi connectivity index (χ0) is 14.4. The van der Waals surface area contributed by atoms with Crippen molar-refractivity contribution in [2.45, 2.75) is 18.1 Å². The van der Waals surface area contributed by atoms with Crippen LogP contribution >= 0.6 is 27.3 Å². The number of aromatic nitrogens is 2. The van der Waals surface area contributed by atoms with Crippen LogP contribution in [0.1, 0.15) is 11.3 Å². The molecule has 19 heavy (non-hydrogen) atoms. The number of anilines is 2. The molecule has 0 radical (unpaired) electrons. The molecular formula is C10H13BrN4O2S2. The number of sulfonamides is 1. The molecule has 0 saturated heterocycles. The fraction of sp³-hybridized carbons (Fsp3) is 0.300. The average molecular weight is 365 g/mol. The number of thiophene rings is 1. The number of nitrogens with two attached hydrogens (primary N) is 1. The molecule has 6 nitrogen and oxygen atoms in total. The largest absolute Gasteiger partial charge is 0.394 e. The van der Waals surface area contributed by atoms with Gasteiger partial charge in [0.2, 0.25) is 0 Å². The Morgan fingerprint density at radius 3 is 2.53 bits per heavy atom. The van der Waals surface area contributed by atoms with Crippen LogP contribution in [0.15, 0.2) is 14.1 Å². The number of nitrogens with one attached hydrogen (secondary N) is 1. The SMILES string of the molecule is Cc1cc(S(=O)(=O)Nc2c(N)c(C)nn2C)sc1Br. The van der Waals surface area contributed by atoms with Crippen LogP contribution in [0.2, 0.25) is 0 Å². The van der Waals surface area contributed by atoms with Crippen LogP contribution in [0.4, 0.5) is 11.5 Å². The van der Waals surface area contributed by atoms with Gasteiger partial charge in [0.25, 0.3) is 10.0 Å². The Labute approximate surface area is 123 Å². The van der Waals surface area contributed by atoms with Crippen molar-refractivity contribution in [1.82, 2.24) is 9.78 Å². The standard InChI is InChI=1S/C10H13BrN4O2S2/c1-5-4-7(18-9(5)11)19(16,17)14-10-8(12)6(2)13-15(10)3/h4,14H,12H2,1-3H3. The van der Waals surface area contributed by atoms with E-state index >= 15 is 0 Å². The minimum absolute atomic E-state index is 0.232. The molecule has 0 spiro atoms. The summed E-state index contributed by atoms with van der Waals surface area (Å²) < 4.78 is 29.4. The summed E-state index contributed by atoms with van der Waals surface area (Å²) in [6, 6.07) is 1.61. The Bertz CT molecular complexity index is 714. The van der Waals surface area contributed by atoms with Crippen molar-refractivity contribution in [2.24, 2.45) is 7.05 Å². The van der Waals surface area contributed by atoms with E-state index in [1.165, 1.54) is 4.68 Å². The molecular weight excluding hydrogens is 352 g/mol. The molecule has 2 heterocycles. The van der Waals surface area contributed by atoms with E-state index in [9.17, 15) is 8.42 Å². The van der Waals surface area contributed by atoms with Crippen molar-refractivity contribution in [2.75, 3.05) is 10.5 Å². The van der Waals surface area contributed by atoms with E-state index in [1.54, 1.807) is 20.0 Å². The Hall–Kier alpha value is -1.06. The predicted molar refractivity (Wildman–Crippen MR) is 79.9 cm³/mol. The third-order valence-corrected chi connectivity index (χ3v) is 6.55. The first-order valence-corrected chi connectivity index (χ1v) is 8.39. The molecule has 2 rings (SSSR count). The van der Waals surface area contributed by atoms with Crippen LogP contribution < -0.4 is 10.5 Å². The van der Waals surface area contributed by atoms with Crippen LogP contribution in [-0.2, 0) is 17.1 Å². The quantitative estimate of drug-likeness (QED) is 0.873. The summed E-state index contributed by atoms with van der Waals surface area (Å²) in [5.41, 5.74) is 7.60. The number of nitrogens with zero attached hydrogens (tertiary/aromatic N) is 2. The van der Waals surface area contributed by atoms with Gasteiger partial charge >= 0.3 is 0 Å². The monoisotopic (exact) mass is 364 g/mol. The maximum absolute atomic E-state index is 12.3.